The van der Waals surface area contributed by atoms with Gasteiger partial charge >= 0.3 is 5.97 Å². The smallest absolute Gasteiger partial charge is 0.310 e. The van der Waals surface area contributed by atoms with Crippen molar-refractivity contribution in [2.45, 2.75) is 72.2 Å². The Labute approximate surface area is 206 Å². The van der Waals surface area contributed by atoms with E-state index in [1.54, 1.807) is 6.92 Å². The number of aliphatic hydroxyl groups excluding tert-OH is 1. The molecule has 0 aliphatic carbocycles. The zero-order valence-corrected chi connectivity index (χ0v) is 23.9. The molecule has 0 heterocycles. The Bertz CT molecular complexity index is 935. The molecule has 0 spiro atoms. The van der Waals surface area contributed by atoms with Crippen molar-refractivity contribution in [3.05, 3.63) is 16.7 Å². The van der Waals surface area contributed by atoms with Gasteiger partial charge in [-0.15, -0.1) is 0 Å². The summed E-state index contributed by atoms with van der Waals surface area (Å²) in [6.07, 6.45) is -0.844. The first-order chi connectivity index (χ1) is 15.6. The molecule has 8 heteroatoms. The number of carbonyl (C=O) groups excluding carboxylic acids is 1. The number of benzene rings is 1. The Morgan fingerprint density at radius 1 is 1.00 bits per heavy atom. The summed E-state index contributed by atoms with van der Waals surface area (Å²) in [5.41, 5.74) is 0.821. The highest BCUT2D eigenvalue weighted by Crippen LogP contribution is 2.44. The molecule has 1 aromatic carbocycles. The molecular formula is C26H42O7Si. The Hall–Kier alpha value is -2.21. The van der Waals surface area contributed by atoms with Crippen LogP contribution < -0.4 is 14.2 Å². The average molecular weight is 495 g/mol. The highest BCUT2D eigenvalue weighted by molar-refractivity contribution is 6.74. The number of hydrogen-bond acceptors (Lipinski definition) is 7. The van der Waals surface area contributed by atoms with Gasteiger partial charge in [-0.25, -0.2) is 0 Å². The Balaban J connectivity index is 3.74. The summed E-state index contributed by atoms with van der Waals surface area (Å²) < 4.78 is 28.2. The molecule has 1 rings (SSSR count). The maximum absolute atomic E-state index is 12.2. The van der Waals surface area contributed by atoms with Gasteiger partial charge in [0, 0.05) is 11.1 Å². The van der Waals surface area contributed by atoms with E-state index < -0.39 is 25.8 Å². The van der Waals surface area contributed by atoms with Crippen molar-refractivity contribution >= 4 is 14.3 Å². The summed E-state index contributed by atoms with van der Waals surface area (Å²) in [5.74, 6) is 7.29. The molecule has 0 saturated heterocycles. The largest absolute Gasteiger partial charge is 0.495 e. The van der Waals surface area contributed by atoms with Gasteiger partial charge in [0.2, 0.25) is 0 Å². The van der Waals surface area contributed by atoms with Crippen molar-refractivity contribution in [1.29, 1.82) is 0 Å². The normalized spacial score (nSPS) is 14.4. The van der Waals surface area contributed by atoms with Crippen LogP contribution in [0.5, 0.6) is 17.2 Å². The van der Waals surface area contributed by atoms with Gasteiger partial charge in [0.15, 0.2) is 19.8 Å². The fraction of sp³-hybridized carbons (Fsp3) is 0.654. The van der Waals surface area contributed by atoms with Crippen molar-refractivity contribution in [3.8, 4) is 29.1 Å². The molecule has 7 nitrogen and oxygen atoms in total. The molecule has 0 amide bonds. The maximum Gasteiger partial charge on any atom is 0.310 e. The molecular weight excluding hydrogens is 452 g/mol. The molecule has 0 aliphatic heterocycles. The van der Waals surface area contributed by atoms with Gasteiger partial charge in [-0.2, -0.15) is 0 Å². The summed E-state index contributed by atoms with van der Waals surface area (Å²) in [5, 5.41) is 10.7. The van der Waals surface area contributed by atoms with Crippen LogP contribution in [0.3, 0.4) is 0 Å². The second-order valence-electron chi connectivity index (χ2n) is 10.2. The minimum Gasteiger partial charge on any atom is -0.495 e. The quantitative estimate of drug-likeness (QED) is 0.307. The number of ether oxygens (including phenoxy) is 4. The first-order valence-corrected chi connectivity index (χ1v) is 14.2. The van der Waals surface area contributed by atoms with Crippen LogP contribution in [0.15, 0.2) is 0 Å². The summed E-state index contributed by atoms with van der Waals surface area (Å²) in [7, 11) is 3.84. The molecule has 0 radical (unpaired) electrons. The van der Waals surface area contributed by atoms with Gasteiger partial charge in [0.05, 0.1) is 58.5 Å². The van der Waals surface area contributed by atoms with E-state index in [0.29, 0.717) is 33.9 Å². The maximum atomic E-state index is 12.2. The minimum absolute atomic E-state index is 0.0252. The van der Waals surface area contributed by atoms with Crippen LogP contribution >= 0.6 is 0 Å². The van der Waals surface area contributed by atoms with Crippen LogP contribution in [0, 0.1) is 24.2 Å². The first-order valence-electron chi connectivity index (χ1n) is 11.3. The fourth-order valence-corrected chi connectivity index (χ4v) is 4.19. The number of carbonyl (C=O) groups is 1. The summed E-state index contributed by atoms with van der Waals surface area (Å²) in [4.78, 5) is 12.2. The van der Waals surface area contributed by atoms with Crippen LogP contribution in [0.25, 0.3) is 0 Å². The molecule has 0 bridgehead atoms. The fourth-order valence-electron chi connectivity index (χ4n) is 3.10. The number of hydrogen-bond donors (Lipinski definition) is 1. The SMILES string of the molecule is COC(=O)Cc1c(C#C[C@@](C)(CO[Si](C)(C)C(C)(C)C)[C@@H](C)O)c(OC)c(C)c(OC)c1OC. The lowest BCUT2D eigenvalue weighted by molar-refractivity contribution is -0.139. The predicted molar refractivity (Wildman–Crippen MR) is 136 cm³/mol. The summed E-state index contributed by atoms with van der Waals surface area (Å²) in [6.45, 7) is 16.5. The Morgan fingerprint density at radius 2 is 1.53 bits per heavy atom. The third-order valence-corrected chi connectivity index (χ3v) is 11.3. The van der Waals surface area contributed by atoms with Crippen molar-refractivity contribution in [1.82, 2.24) is 0 Å². The third-order valence-electron chi connectivity index (χ3n) is 6.79. The van der Waals surface area contributed by atoms with Crippen molar-refractivity contribution in [2.24, 2.45) is 5.41 Å². The monoisotopic (exact) mass is 494 g/mol. The van der Waals surface area contributed by atoms with Crippen molar-refractivity contribution in [3.63, 3.8) is 0 Å². The number of esters is 1. The third kappa shape index (κ3) is 6.47. The second kappa shape index (κ2) is 11.5. The van der Waals surface area contributed by atoms with E-state index in [4.69, 9.17) is 23.4 Å². The van der Waals surface area contributed by atoms with Crippen molar-refractivity contribution < 1.29 is 33.3 Å². The van der Waals surface area contributed by atoms with Crippen LogP contribution in [0.2, 0.25) is 18.1 Å². The van der Waals surface area contributed by atoms with Crippen LogP contribution in [0.4, 0.5) is 0 Å². The molecule has 1 aromatic rings. The van der Waals surface area contributed by atoms with Crippen molar-refractivity contribution in [2.75, 3.05) is 35.0 Å². The number of methoxy groups -OCH3 is 4. The van der Waals surface area contributed by atoms with Crippen LogP contribution in [-0.4, -0.2) is 60.5 Å². The van der Waals surface area contributed by atoms with Gasteiger partial charge in [0.1, 0.15) is 5.75 Å². The van der Waals surface area contributed by atoms with Crippen LogP contribution in [0.1, 0.15) is 51.3 Å². The Morgan fingerprint density at radius 3 is 1.94 bits per heavy atom. The highest BCUT2D eigenvalue weighted by atomic mass is 28.4. The van der Waals surface area contributed by atoms with Gasteiger partial charge in [-0.1, -0.05) is 32.6 Å². The molecule has 192 valence electrons. The van der Waals surface area contributed by atoms with E-state index in [-0.39, 0.29) is 18.1 Å². The van der Waals surface area contributed by atoms with E-state index in [0.717, 1.165) is 0 Å². The lowest BCUT2D eigenvalue weighted by atomic mass is 9.86. The van der Waals surface area contributed by atoms with Gasteiger partial charge in [0.25, 0.3) is 0 Å². The molecule has 0 saturated carbocycles. The second-order valence-corrected chi connectivity index (χ2v) is 15.0. The molecule has 34 heavy (non-hydrogen) atoms. The number of rotatable bonds is 9. The Kier molecular flexibility index (Phi) is 10.1. The van der Waals surface area contributed by atoms with Gasteiger partial charge in [-0.3, -0.25) is 4.79 Å². The molecule has 0 unspecified atom stereocenters. The zero-order chi connectivity index (χ0) is 26.5. The lowest BCUT2D eigenvalue weighted by Crippen LogP contribution is -2.45. The molecule has 0 aliphatic rings. The summed E-state index contributed by atoms with van der Waals surface area (Å²) >= 11 is 0. The van der Waals surface area contributed by atoms with E-state index in [9.17, 15) is 9.90 Å². The van der Waals surface area contributed by atoms with Gasteiger partial charge < -0.3 is 28.5 Å². The van der Waals surface area contributed by atoms with Gasteiger partial charge in [-0.05, 0) is 38.9 Å². The minimum atomic E-state index is -2.06. The van der Waals surface area contributed by atoms with Crippen LogP contribution in [-0.2, 0) is 20.4 Å². The summed E-state index contributed by atoms with van der Waals surface area (Å²) in [6, 6.07) is 0. The van der Waals surface area contributed by atoms with E-state index in [1.165, 1.54) is 28.4 Å². The lowest BCUT2D eigenvalue weighted by Gasteiger charge is -2.39. The highest BCUT2D eigenvalue weighted by Gasteiger charge is 2.40. The van der Waals surface area contributed by atoms with E-state index >= 15 is 0 Å². The van der Waals surface area contributed by atoms with E-state index in [2.05, 4.69) is 45.7 Å². The molecule has 0 fully saturated rings. The number of aliphatic hydroxyl groups is 1. The average Bonchev–Trinajstić information content (AvgIpc) is 2.75. The predicted octanol–water partition coefficient (Wildman–Crippen LogP) is 4.50. The first kappa shape index (κ1) is 29.8. The van der Waals surface area contributed by atoms with E-state index in [1.807, 2.05) is 13.8 Å². The molecule has 1 N–H and O–H groups in total. The zero-order valence-electron chi connectivity index (χ0n) is 22.9. The molecule has 0 aromatic heterocycles. The molecule has 2 atom stereocenters. The standard InChI is InChI=1S/C26H42O7Si/c1-17-22(30-8)19(20(15-21(28)29-7)24(32-10)23(17)31-9)13-14-26(6,18(2)27)16-33-34(11,12)25(3,4)5/h18,27H,15-16H2,1-12H3/t18-,26+/m1/s1. The topological polar surface area (TPSA) is 83.5 Å².